The zero-order valence-corrected chi connectivity index (χ0v) is 25.5. The Kier molecular flexibility index (Phi) is 25.2. The van der Waals surface area contributed by atoms with E-state index in [2.05, 4.69) is 104 Å². The molecule has 0 amide bonds. The summed E-state index contributed by atoms with van der Waals surface area (Å²) in [6.07, 6.45) is 9.88. The Morgan fingerprint density at radius 3 is 1.95 bits per heavy atom. The SMILES string of the molecule is C=C(Oc1cccc(C)c1)/C(CC)=C(\C=C/C)C(C)C.C=O.CCCOCCC.CCCc1ccccc1. The smallest absolute Gasteiger partial charge is 0.127 e. The molecule has 0 heterocycles. The zero-order valence-electron chi connectivity index (χ0n) is 25.5. The molecule has 2 aromatic rings. The second kappa shape index (κ2) is 25.7. The molecule has 0 radical (unpaired) electrons. The Labute approximate surface area is 234 Å². The van der Waals surface area contributed by atoms with E-state index >= 15 is 0 Å². The Hall–Kier alpha value is -2.91. The van der Waals surface area contributed by atoms with Gasteiger partial charge in [-0.25, -0.2) is 0 Å². The summed E-state index contributed by atoms with van der Waals surface area (Å²) in [7, 11) is 0. The molecule has 0 unspecified atom stereocenters. The molecule has 0 atom stereocenters. The second-order valence-corrected chi connectivity index (χ2v) is 9.13. The standard InChI is InChI=1S/C19H26O.C9H12.C6H14O.CH2O/c1-7-10-19(14(3)4)18(8-2)16(6)20-17-12-9-11-15(5)13-17;1-2-6-9-7-4-3-5-8-9;1-3-5-7-6-4-2;1-2/h7,9-14H,6,8H2,1-5H3;3-5,7-8H,2,6H2,1H3;3-6H2,1-2H3;1H2/b10-7-,19-18+;;;. The number of rotatable bonds is 12. The first-order valence-corrected chi connectivity index (χ1v) is 14.0. The van der Waals surface area contributed by atoms with Gasteiger partial charge in [0, 0.05) is 13.2 Å². The number of allylic oxidation sites excluding steroid dienone is 4. The fraction of sp³-hybridized carbons (Fsp3) is 0.457. The van der Waals surface area contributed by atoms with Crippen LogP contribution in [0.15, 0.2) is 90.2 Å². The molecule has 3 nitrogen and oxygen atoms in total. The van der Waals surface area contributed by atoms with Gasteiger partial charge in [0.1, 0.15) is 18.3 Å². The van der Waals surface area contributed by atoms with Crippen molar-refractivity contribution in [3.63, 3.8) is 0 Å². The number of aryl methyl sites for hydroxylation is 2. The van der Waals surface area contributed by atoms with Gasteiger partial charge in [0.25, 0.3) is 0 Å². The molecule has 0 fully saturated rings. The molecule has 3 heteroatoms. The quantitative estimate of drug-likeness (QED) is 0.158. The summed E-state index contributed by atoms with van der Waals surface area (Å²) in [5, 5.41) is 0. The van der Waals surface area contributed by atoms with Gasteiger partial charge in [-0.15, -0.1) is 0 Å². The van der Waals surface area contributed by atoms with E-state index < -0.39 is 0 Å². The van der Waals surface area contributed by atoms with Crippen LogP contribution < -0.4 is 4.74 Å². The number of benzene rings is 2. The summed E-state index contributed by atoms with van der Waals surface area (Å²) in [5.41, 5.74) is 5.13. The minimum atomic E-state index is 0.457. The zero-order chi connectivity index (χ0) is 29.2. The van der Waals surface area contributed by atoms with Crippen LogP contribution in [-0.4, -0.2) is 20.0 Å². The van der Waals surface area contributed by atoms with E-state index in [0.29, 0.717) is 5.92 Å². The van der Waals surface area contributed by atoms with Crippen molar-refractivity contribution < 1.29 is 14.3 Å². The van der Waals surface area contributed by atoms with Gasteiger partial charge in [-0.3, -0.25) is 0 Å². The Morgan fingerprint density at radius 1 is 0.895 bits per heavy atom. The van der Waals surface area contributed by atoms with Crippen LogP contribution in [0.2, 0.25) is 0 Å². The number of ether oxygens (including phenoxy) is 2. The summed E-state index contributed by atoms with van der Waals surface area (Å²) >= 11 is 0. The third-order valence-corrected chi connectivity index (χ3v) is 5.32. The highest BCUT2D eigenvalue weighted by molar-refractivity contribution is 5.39. The fourth-order valence-electron chi connectivity index (χ4n) is 3.59. The molecule has 2 rings (SSSR count). The van der Waals surface area contributed by atoms with Crippen LogP contribution in [-0.2, 0) is 16.0 Å². The maximum absolute atomic E-state index is 8.00. The molecule has 0 aliphatic rings. The topological polar surface area (TPSA) is 35.5 Å². The van der Waals surface area contributed by atoms with E-state index in [4.69, 9.17) is 14.3 Å². The monoisotopic (exact) mass is 522 g/mol. The van der Waals surface area contributed by atoms with E-state index in [1.807, 2.05) is 31.9 Å². The van der Waals surface area contributed by atoms with Crippen molar-refractivity contribution in [2.45, 2.75) is 87.5 Å². The average Bonchev–Trinajstić information content (AvgIpc) is 2.91. The van der Waals surface area contributed by atoms with Gasteiger partial charge in [-0.05, 0) is 79.9 Å². The molecular weight excluding hydrogens is 468 g/mol. The van der Waals surface area contributed by atoms with Gasteiger partial charge in [-0.1, -0.05) is 109 Å². The minimum absolute atomic E-state index is 0.457. The van der Waals surface area contributed by atoms with Crippen molar-refractivity contribution in [3.05, 3.63) is 101 Å². The fourth-order valence-corrected chi connectivity index (χ4v) is 3.59. The summed E-state index contributed by atoms with van der Waals surface area (Å²) in [4.78, 5) is 8.00. The van der Waals surface area contributed by atoms with Crippen molar-refractivity contribution in [2.75, 3.05) is 13.2 Å². The number of hydrogen-bond acceptors (Lipinski definition) is 3. The van der Waals surface area contributed by atoms with Crippen molar-refractivity contribution in [1.82, 2.24) is 0 Å². The largest absolute Gasteiger partial charge is 0.458 e. The number of carbonyl (C=O) groups is 1. The van der Waals surface area contributed by atoms with E-state index in [0.717, 1.165) is 44.0 Å². The van der Waals surface area contributed by atoms with Gasteiger partial charge >= 0.3 is 0 Å². The summed E-state index contributed by atoms with van der Waals surface area (Å²) < 4.78 is 11.1. The van der Waals surface area contributed by atoms with Crippen molar-refractivity contribution in [2.24, 2.45) is 5.92 Å². The molecular formula is C35H54O3. The molecule has 2 aromatic carbocycles. The predicted molar refractivity (Wildman–Crippen MR) is 167 cm³/mol. The molecule has 0 aliphatic carbocycles. The molecule has 38 heavy (non-hydrogen) atoms. The maximum atomic E-state index is 8.00. The van der Waals surface area contributed by atoms with Gasteiger partial charge in [0.2, 0.25) is 0 Å². The molecule has 0 aliphatic heterocycles. The van der Waals surface area contributed by atoms with E-state index in [1.165, 1.54) is 35.1 Å². The first-order chi connectivity index (χ1) is 18.3. The lowest BCUT2D eigenvalue weighted by molar-refractivity contribution is -0.0980. The van der Waals surface area contributed by atoms with Gasteiger partial charge in [0.15, 0.2) is 0 Å². The van der Waals surface area contributed by atoms with Crippen LogP contribution in [0.3, 0.4) is 0 Å². The van der Waals surface area contributed by atoms with Gasteiger partial charge in [-0.2, -0.15) is 0 Å². The third-order valence-electron chi connectivity index (χ3n) is 5.32. The molecule has 212 valence electrons. The van der Waals surface area contributed by atoms with Crippen LogP contribution in [0.4, 0.5) is 0 Å². The van der Waals surface area contributed by atoms with Crippen LogP contribution in [0.5, 0.6) is 5.75 Å². The highest BCUT2D eigenvalue weighted by atomic mass is 16.5. The second-order valence-electron chi connectivity index (χ2n) is 9.13. The van der Waals surface area contributed by atoms with Gasteiger partial charge < -0.3 is 14.3 Å². The lowest BCUT2D eigenvalue weighted by atomic mass is 9.94. The van der Waals surface area contributed by atoms with Crippen molar-refractivity contribution >= 4 is 6.79 Å². The maximum Gasteiger partial charge on any atom is 0.127 e. The molecule has 0 saturated heterocycles. The summed E-state index contributed by atoms with van der Waals surface area (Å²) in [6.45, 7) is 25.1. The third kappa shape index (κ3) is 18.4. The molecule has 0 aromatic heterocycles. The first kappa shape index (κ1) is 37.2. The Bertz CT molecular complexity index is 890. The highest BCUT2D eigenvalue weighted by Crippen LogP contribution is 2.27. The van der Waals surface area contributed by atoms with Crippen LogP contribution in [0.25, 0.3) is 0 Å². The number of carbonyl (C=O) groups excluding carboxylic acids is 1. The highest BCUT2D eigenvalue weighted by Gasteiger charge is 2.12. The van der Waals surface area contributed by atoms with Crippen LogP contribution >= 0.6 is 0 Å². The van der Waals surface area contributed by atoms with Crippen LogP contribution in [0.1, 0.15) is 85.3 Å². The van der Waals surface area contributed by atoms with Crippen molar-refractivity contribution in [1.29, 1.82) is 0 Å². The molecule has 0 bridgehead atoms. The molecule has 0 spiro atoms. The normalized spacial score (nSPS) is 10.8. The van der Waals surface area contributed by atoms with E-state index in [-0.39, 0.29) is 0 Å². The predicted octanol–water partition coefficient (Wildman–Crippen LogP) is 10.1. The minimum Gasteiger partial charge on any atom is -0.458 e. The molecule has 0 N–H and O–H groups in total. The first-order valence-electron chi connectivity index (χ1n) is 14.0. The molecule has 0 saturated carbocycles. The van der Waals surface area contributed by atoms with E-state index in [9.17, 15) is 0 Å². The summed E-state index contributed by atoms with van der Waals surface area (Å²) in [6, 6.07) is 18.6. The van der Waals surface area contributed by atoms with Crippen molar-refractivity contribution in [3.8, 4) is 5.75 Å². The summed E-state index contributed by atoms with van der Waals surface area (Å²) in [5.74, 6) is 2.06. The average molecular weight is 523 g/mol. The van der Waals surface area contributed by atoms with E-state index in [1.54, 1.807) is 0 Å². The Morgan fingerprint density at radius 2 is 1.50 bits per heavy atom. The van der Waals surface area contributed by atoms with Crippen LogP contribution in [0, 0.1) is 12.8 Å². The lowest BCUT2D eigenvalue weighted by Gasteiger charge is -2.17. The van der Waals surface area contributed by atoms with Gasteiger partial charge in [0.05, 0.1) is 0 Å². The lowest BCUT2D eigenvalue weighted by Crippen LogP contribution is -2.04. The Balaban J connectivity index is 0. The number of hydrogen-bond donors (Lipinski definition) is 0.